The first-order chi connectivity index (χ1) is 8.44. The first kappa shape index (κ1) is 13.6. The maximum absolute atomic E-state index is 5.83. The van der Waals surface area contributed by atoms with E-state index in [1.54, 1.807) is 0 Å². The molecule has 0 aromatic carbocycles. The van der Waals surface area contributed by atoms with E-state index < -0.39 is 0 Å². The maximum atomic E-state index is 5.83. The molecule has 2 rings (SSSR count). The standard InChI is InChI=1S/C13H21ClN4/c1-10-11(7-14)8-15-12(16-10)18-6-5-17(4)13(2,3)9-18/h8H,5-7,9H2,1-4H3. The lowest BCUT2D eigenvalue weighted by Gasteiger charge is -2.45. The quantitative estimate of drug-likeness (QED) is 0.769. The zero-order valence-corrected chi connectivity index (χ0v) is 12.3. The van der Waals surface area contributed by atoms with Crippen molar-refractivity contribution >= 4 is 17.5 Å². The summed E-state index contributed by atoms with van der Waals surface area (Å²) in [5.74, 6) is 1.29. The summed E-state index contributed by atoms with van der Waals surface area (Å²) in [5, 5.41) is 0. The third-order valence-corrected chi connectivity index (χ3v) is 4.10. The van der Waals surface area contributed by atoms with Gasteiger partial charge in [-0.05, 0) is 27.8 Å². The van der Waals surface area contributed by atoms with Crippen molar-refractivity contribution in [2.75, 3.05) is 31.6 Å². The van der Waals surface area contributed by atoms with Crippen LogP contribution in [0.5, 0.6) is 0 Å². The summed E-state index contributed by atoms with van der Waals surface area (Å²) in [4.78, 5) is 13.6. The Morgan fingerprint density at radius 3 is 2.67 bits per heavy atom. The second kappa shape index (κ2) is 5.02. The Kier molecular flexibility index (Phi) is 3.78. The molecule has 1 aromatic heterocycles. The largest absolute Gasteiger partial charge is 0.338 e. The van der Waals surface area contributed by atoms with Crippen LogP contribution in [-0.4, -0.2) is 47.1 Å². The average Bonchev–Trinajstić information content (AvgIpc) is 2.32. The van der Waals surface area contributed by atoms with Gasteiger partial charge < -0.3 is 4.90 Å². The van der Waals surface area contributed by atoms with E-state index in [2.05, 4.69) is 40.7 Å². The average molecular weight is 269 g/mol. The number of halogens is 1. The summed E-state index contributed by atoms with van der Waals surface area (Å²) < 4.78 is 0. The Hall–Kier alpha value is -0.870. The maximum Gasteiger partial charge on any atom is 0.225 e. The Labute approximate surface area is 114 Å². The molecule has 1 aliphatic heterocycles. The third-order valence-electron chi connectivity index (χ3n) is 3.81. The smallest absolute Gasteiger partial charge is 0.225 e. The Balaban J connectivity index is 2.20. The van der Waals surface area contributed by atoms with Crippen LogP contribution in [0.15, 0.2) is 6.20 Å². The first-order valence-electron chi connectivity index (χ1n) is 6.29. The SMILES string of the molecule is Cc1nc(N2CCN(C)C(C)(C)C2)ncc1CCl. The molecule has 18 heavy (non-hydrogen) atoms. The van der Waals surface area contributed by atoms with Crippen molar-refractivity contribution < 1.29 is 0 Å². The molecule has 1 aromatic rings. The molecule has 0 atom stereocenters. The van der Waals surface area contributed by atoms with Gasteiger partial charge >= 0.3 is 0 Å². The van der Waals surface area contributed by atoms with Crippen molar-refractivity contribution in [2.45, 2.75) is 32.2 Å². The highest BCUT2D eigenvalue weighted by molar-refractivity contribution is 6.17. The van der Waals surface area contributed by atoms with E-state index in [1.807, 2.05) is 13.1 Å². The molecule has 0 unspecified atom stereocenters. The van der Waals surface area contributed by atoms with Crippen LogP contribution in [-0.2, 0) is 5.88 Å². The van der Waals surface area contributed by atoms with Crippen LogP contribution in [0.25, 0.3) is 0 Å². The van der Waals surface area contributed by atoms with Gasteiger partial charge in [0.2, 0.25) is 5.95 Å². The highest BCUT2D eigenvalue weighted by atomic mass is 35.5. The van der Waals surface area contributed by atoms with Crippen LogP contribution in [0.4, 0.5) is 5.95 Å². The molecule has 4 nitrogen and oxygen atoms in total. The summed E-state index contributed by atoms with van der Waals surface area (Å²) in [5.41, 5.74) is 2.14. The number of piperazine rings is 1. The van der Waals surface area contributed by atoms with E-state index in [0.717, 1.165) is 36.8 Å². The minimum atomic E-state index is 0.153. The molecular formula is C13H21ClN4. The van der Waals surface area contributed by atoms with Crippen molar-refractivity contribution in [2.24, 2.45) is 0 Å². The van der Waals surface area contributed by atoms with Gasteiger partial charge in [-0.3, -0.25) is 4.90 Å². The van der Waals surface area contributed by atoms with Crippen molar-refractivity contribution in [3.05, 3.63) is 17.5 Å². The summed E-state index contributed by atoms with van der Waals surface area (Å²) in [6.45, 7) is 9.44. The molecule has 0 amide bonds. The van der Waals surface area contributed by atoms with Crippen LogP contribution in [0.2, 0.25) is 0 Å². The number of anilines is 1. The number of aromatic nitrogens is 2. The fourth-order valence-corrected chi connectivity index (χ4v) is 2.44. The fourth-order valence-electron chi connectivity index (χ4n) is 2.17. The molecule has 1 fully saturated rings. The molecule has 0 N–H and O–H groups in total. The molecule has 0 radical (unpaired) electrons. The number of rotatable bonds is 2. The number of hydrogen-bond donors (Lipinski definition) is 0. The molecule has 5 heteroatoms. The predicted molar refractivity (Wildman–Crippen MR) is 75.2 cm³/mol. The van der Waals surface area contributed by atoms with Crippen LogP contribution >= 0.6 is 11.6 Å². The number of hydrogen-bond acceptors (Lipinski definition) is 4. The van der Waals surface area contributed by atoms with Crippen LogP contribution in [0.3, 0.4) is 0 Å². The summed E-state index contributed by atoms with van der Waals surface area (Å²) >= 11 is 5.83. The zero-order chi connectivity index (χ0) is 13.3. The number of aryl methyl sites for hydroxylation is 1. The van der Waals surface area contributed by atoms with Gasteiger partial charge in [0.15, 0.2) is 0 Å². The molecule has 2 heterocycles. The number of alkyl halides is 1. The minimum Gasteiger partial charge on any atom is -0.338 e. The van der Waals surface area contributed by atoms with Crippen molar-refractivity contribution in [1.82, 2.24) is 14.9 Å². The minimum absolute atomic E-state index is 0.153. The molecular weight excluding hydrogens is 248 g/mol. The molecule has 0 aliphatic carbocycles. The van der Waals surface area contributed by atoms with E-state index in [1.165, 1.54) is 0 Å². The van der Waals surface area contributed by atoms with Crippen molar-refractivity contribution in [3.8, 4) is 0 Å². The van der Waals surface area contributed by atoms with Crippen molar-refractivity contribution in [3.63, 3.8) is 0 Å². The van der Waals surface area contributed by atoms with E-state index >= 15 is 0 Å². The first-order valence-corrected chi connectivity index (χ1v) is 6.82. The highest BCUT2D eigenvalue weighted by Gasteiger charge is 2.32. The van der Waals surface area contributed by atoms with Gasteiger partial charge in [-0.2, -0.15) is 0 Å². The summed E-state index contributed by atoms with van der Waals surface area (Å²) in [7, 11) is 2.17. The molecule has 0 saturated carbocycles. The zero-order valence-electron chi connectivity index (χ0n) is 11.6. The lowest BCUT2D eigenvalue weighted by atomic mass is 10.00. The second-order valence-corrected chi connectivity index (χ2v) is 5.84. The van der Waals surface area contributed by atoms with E-state index in [0.29, 0.717) is 5.88 Å². The summed E-state index contributed by atoms with van der Waals surface area (Å²) in [6, 6.07) is 0. The molecule has 1 aliphatic rings. The molecule has 0 spiro atoms. The normalized spacial score (nSPS) is 20.2. The van der Waals surface area contributed by atoms with E-state index in [4.69, 9.17) is 11.6 Å². The topological polar surface area (TPSA) is 32.3 Å². The molecule has 1 saturated heterocycles. The van der Waals surface area contributed by atoms with Gasteiger partial charge in [0.1, 0.15) is 0 Å². The van der Waals surface area contributed by atoms with E-state index in [-0.39, 0.29) is 5.54 Å². The predicted octanol–water partition coefficient (Wildman–Crippen LogP) is 2.05. The molecule has 100 valence electrons. The Morgan fingerprint density at radius 2 is 2.11 bits per heavy atom. The lowest BCUT2D eigenvalue weighted by molar-refractivity contribution is 0.138. The fraction of sp³-hybridized carbons (Fsp3) is 0.692. The Morgan fingerprint density at radius 1 is 1.39 bits per heavy atom. The van der Waals surface area contributed by atoms with Crippen LogP contribution in [0, 0.1) is 6.92 Å². The van der Waals surface area contributed by atoms with Gasteiger partial charge in [0.25, 0.3) is 0 Å². The lowest BCUT2D eigenvalue weighted by Crippen LogP contribution is -2.58. The van der Waals surface area contributed by atoms with Gasteiger partial charge in [0.05, 0.1) is 5.88 Å². The number of nitrogens with zero attached hydrogens (tertiary/aromatic N) is 4. The molecule has 0 bridgehead atoms. The summed E-state index contributed by atoms with van der Waals surface area (Å²) in [6.07, 6.45) is 1.84. The van der Waals surface area contributed by atoms with Gasteiger partial charge in [-0.1, -0.05) is 0 Å². The van der Waals surface area contributed by atoms with Crippen molar-refractivity contribution in [1.29, 1.82) is 0 Å². The third kappa shape index (κ3) is 2.59. The second-order valence-electron chi connectivity index (χ2n) is 5.57. The number of likely N-dealkylation sites (N-methyl/N-ethyl adjacent to an activating group) is 1. The van der Waals surface area contributed by atoms with Gasteiger partial charge in [-0.25, -0.2) is 9.97 Å². The Bertz CT molecular complexity index is 433. The van der Waals surface area contributed by atoms with Crippen LogP contribution < -0.4 is 4.90 Å². The van der Waals surface area contributed by atoms with Crippen LogP contribution in [0.1, 0.15) is 25.1 Å². The van der Waals surface area contributed by atoms with Gasteiger partial charge in [0, 0.05) is 42.6 Å². The van der Waals surface area contributed by atoms with Gasteiger partial charge in [-0.15, -0.1) is 11.6 Å². The monoisotopic (exact) mass is 268 g/mol. The van der Waals surface area contributed by atoms with E-state index in [9.17, 15) is 0 Å². The highest BCUT2D eigenvalue weighted by Crippen LogP contribution is 2.22.